The summed E-state index contributed by atoms with van der Waals surface area (Å²) in [5, 5.41) is 9.35. The third kappa shape index (κ3) is 2.76. The highest BCUT2D eigenvalue weighted by Gasteiger charge is 2.13. The van der Waals surface area contributed by atoms with Gasteiger partial charge in [-0.2, -0.15) is 5.10 Å². The molecule has 0 radical (unpaired) electrons. The lowest BCUT2D eigenvalue weighted by atomic mass is 10.1. The van der Waals surface area contributed by atoms with E-state index in [9.17, 15) is 0 Å². The van der Waals surface area contributed by atoms with Crippen LogP contribution < -0.4 is 4.90 Å². The summed E-state index contributed by atoms with van der Waals surface area (Å²) in [6.07, 6.45) is 2.00. The van der Waals surface area contributed by atoms with Gasteiger partial charge in [-0.3, -0.25) is 5.01 Å². The smallest absolute Gasteiger partial charge is 0.0964 e. The SMILES string of the molecule is C[NH+]1CCN(/N=C\c2cccc3ccccc23)CC1. The first-order valence-electron chi connectivity index (χ1n) is 6.91. The first-order chi connectivity index (χ1) is 9.33. The number of rotatable bonds is 2. The molecule has 3 nitrogen and oxygen atoms in total. The fourth-order valence-corrected chi connectivity index (χ4v) is 2.50. The molecule has 3 heteroatoms. The number of hydrogen-bond donors (Lipinski definition) is 1. The second-order valence-electron chi connectivity index (χ2n) is 5.22. The Bertz CT molecular complexity index is 578. The topological polar surface area (TPSA) is 20.0 Å². The standard InChI is InChI=1S/C16H19N3/c1-18-9-11-19(12-10-18)17-13-15-7-4-6-14-5-2-3-8-16(14)15/h2-8,13H,9-12H2,1H3/p+1/b17-13-. The van der Waals surface area contributed by atoms with E-state index in [-0.39, 0.29) is 0 Å². The molecule has 1 aliphatic heterocycles. The minimum Gasteiger partial charge on any atom is -0.334 e. The van der Waals surface area contributed by atoms with Crippen LogP contribution in [0.1, 0.15) is 5.56 Å². The largest absolute Gasteiger partial charge is 0.334 e. The van der Waals surface area contributed by atoms with Crippen molar-refractivity contribution in [1.82, 2.24) is 5.01 Å². The summed E-state index contributed by atoms with van der Waals surface area (Å²) in [5.41, 5.74) is 1.20. The van der Waals surface area contributed by atoms with Crippen molar-refractivity contribution in [2.45, 2.75) is 0 Å². The summed E-state index contributed by atoms with van der Waals surface area (Å²) in [5.74, 6) is 0. The van der Waals surface area contributed by atoms with Crippen molar-refractivity contribution in [3.05, 3.63) is 48.0 Å². The van der Waals surface area contributed by atoms with Crippen molar-refractivity contribution in [1.29, 1.82) is 0 Å². The van der Waals surface area contributed by atoms with Crippen molar-refractivity contribution in [3.8, 4) is 0 Å². The number of benzene rings is 2. The Balaban J connectivity index is 1.81. The normalized spacial score (nSPS) is 17.4. The number of quaternary nitrogens is 1. The van der Waals surface area contributed by atoms with Gasteiger partial charge in [-0.25, -0.2) is 0 Å². The lowest BCUT2D eigenvalue weighted by molar-refractivity contribution is -0.884. The first-order valence-corrected chi connectivity index (χ1v) is 6.91. The molecule has 1 saturated heterocycles. The quantitative estimate of drug-likeness (QED) is 0.793. The zero-order chi connectivity index (χ0) is 13.1. The van der Waals surface area contributed by atoms with Gasteiger partial charge in [0.05, 0.1) is 39.4 Å². The maximum atomic E-state index is 4.63. The van der Waals surface area contributed by atoms with Crippen LogP contribution in [0.4, 0.5) is 0 Å². The Kier molecular flexibility index (Phi) is 3.47. The van der Waals surface area contributed by atoms with E-state index in [0.29, 0.717) is 0 Å². The van der Waals surface area contributed by atoms with Crippen molar-refractivity contribution in [2.75, 3.05) is 33.2 Å². The molecule has 1 aliphatic rings. The predicted molar refractivity (Wildman–Crippen MR) is 79.7 cm³/mol. The van der Waals surface area contributed by atoms with Crippen LogP contribution in [0.25, 0.3) is 10.8 Å². The van der Waals surface area contributed by atoms with Crippen molar-refractivity contribution < 1.29 is 4.90 Å². The second-order valence-corrected chi connectivity index (χ2v) is 5.22. The average Bonchev–Trinajstić information content (AvgIpc) is 2.47. The lowest BCUT2D eigenvalue weighted by Crippen LogP contribution is -3.11. The zero-order valence-corrected chi connectivity index (χ0v) is 11.3. The number of fused-ring (bicyclic) bond motifs is 1. The summed E-state index contributed by atoms with van der Waals surface area (Å²) in [6, 6.07) is 14.8. The maximum Gasteiger partial charge on any atom is 0.0964 e. The Morgan fingerprint density at radius 3 is 2.63 bits per heavy atom. The number of nitrogens with one attached hydrogen (secondary N) is 1. The first kappa shape index (κ1) is 12.2. The molecule has 3 rings (SSSR count). The summed E-state index contributed by atoms with van der Waals surface area (Å²) in [4.78, 5) is 1.59. The fraction of sp³-hybridized carbons (Fsp3) is 0.312. The zero-order valence-electron chi connectivity index (χ0n) is 11.3. The van der Waals surface area contributed by atoms with Gasteiger partial charge in [0.2, 0.25) is 0 Å². The van der Waals surface area contributed by atoms with Gasteiger partial charge in [-0.1, -0.05) is 42.5 Å². The third-order valence-corrected chi connectivity index (χ3v) is 3.78. The number of hydrogen-bond acceptors (Lipinski definition) is 2. The van der Waals surface area contributed by atoms with E-state index in [1.165, 1.54) is 29.4 Å². The predicted octanol–water partition coefficient (Wildman–Crippen LogP) is 1.00. The van der Waals surface area contributed by atoms with E-state index in [1.54, 1.807) is 4.90 Å². The lowest BCUT2D eigenvalue weighted by Gasteiger charge is -2.27. The van der Waals surface area contributed by atoms with Gasteiger partial charge in [0.1, 0.15) is 0 Å². The second kappa shape index (κ2) is 5.41. The van der Waals surface area contributed by atoms with Gasteiger partial charge in [0, 0.05) is 5.56 Å². The average molecular weight is 254 g/mol. The summed E-state index contributed by atoms with van der Waals surface area (Å²) >= 11 is 0. The molecule has 2 aromatic carbocycles. The van der Waals surface area contributed by atoms with Gasteiger partial charge in [-0.15, -0.1) is 0 Å². The molecule has 0 spiro atoms. The molecule has 1 fully saturated rings. The molecule has 0 saturated carbocycles. The summed E-state index contributed by atoms with van der Waals surface area (Å²) in [7, 11) is 2.24. The van der Waals surface area contributed by atoms with Gasteiger partial charge < -0.3 is 4.90 Å². The van der Waals surface area contributed by atoms with Crippen LogP contribution >= 0.6 is 0 Å². The van der Waals surface area contributed by atoms with Crippen LogP contribution in [0.3, 0.4) is 0 Å². The highest BCUT2D eigenvalue weighted by molar-refractivity contribution is 5.99. The molecular weight excluding hydrogens is 234 g/mol. The van der Waals surface area contributed by atoms with Gasteiger partial charge in [0.15, 0.2) is 0 Å². The molecule has 0 aromatic heterocycles. The van der Waals surface area contributed by atoms with E-state index >= 15 is 0 Å². The van der Waals surface area contributed by atoms with Crippen molar-refractivity contribution in [2.24, 2.45) is 5.10 Å². The Labute approximate surface area is 114 Å². The van der Waals surface area contributed by atoms with Crippen LogP contribution in [0.5, 0.6) is 0 Å². The molecule has 2 aromatic rings. The molecule has 0 amide bonds. The van der Waals surface area contributed by atoms with E-state index < -0.39 is 0 Å². The highest BCUT2D eigenvalue weighted by atomic mass is 15.5. The van der Waals surface area contributed by atoms with Crippen LogP contribution in [0.15, 0.2) is 47.6 Å². The van der Waals surface area contributed by atoms with Crippen LogP contribution in [-0.4, -0.2) is 44.5 Å². The van der Waals surface area contributed by atoms with Crippen LogP contribution in [-0.2, 0) is 0 Å². The molecule has 98 valence electrons. The Morgan fingerprint density at radius 2 is 1.79 bits per heavy atom. The van der Waals surface area contributed by atoms with E-state index in [1.807, 2.05) is 6.21 Å². The maximum absolute atomic E-state index is 4.63. The van der Waals surface area contributed by atoms with E-state index in [2.05, 4.69) is 59.6 Å². The number of likely N-dealkylation sites (N-methyl/N-ethyl adjacent to an activating group) is 1. The molecule has 1 heterocycles. The monoisotopic (exact) mass is 254 g/mol. The molecule has 1 N–H and O–H groups in total. The van der Waals surface area contributed by atoms with Crippen molar-refractivity contribution in [3.63, 3.8) is 0 Å². The molecule has 19 heavy (non-hydrogen) atoms. The molecule has 0 bridgehead atoms. The highest BCUT2D eigenvalue weighted by Crippen LogP contribution is 2.16. The summed E-state index contributed by atoms with van der Waals surface area (Å²) < 4.78 is 0. The van der Waals surface area contributed by atoms with Gasteiger partial charge in [0.25, 0.3) is 0 Å². The molecular formula is C16H20N3+. The van der Waals surface area contributed by atoms with Crippen molar-refractivity contribution >= 4 is 17.0 Å². The van der Waals surface area contributed by atoms with Gasteiger partial charge in [-0.05, 0) is 10.8 Å². The third-order valence-electron chi connectivity index (χ3n) is 3.78. The number of hydrazone groups is 1. The Hall–Kier alpha value is -1.87. The Morgan fingerprint density at radius 1 is 1.05 bits per heavy atom. The molecule has 0 aliphatic carbocycles. The number of piperazine rings is 1. The van der Waals surface area contributed by atoms with Crippen LogP contribution in [0.2, 0.25) is 0 Å². The fourth-order valence-electron chi connectivity index (χ4n) is 2.50. The molecule has 0 unspecified atom stereocenters. The minimum atomic E-state index is 1.05. The molecule has 0 atom stereocenters. The van der Waals surface area contributed by atoms with Crippen LogP contribution in [0, 0.1) is 0 Å². The summed E-state index contributed by atoms with van der Waals surface area (Å²) in [6.45, 7) is 4.44. The van der Waals surface area contributed by atoms with E-state index in [0.717, 1.165) is 13.1 Å². The van der Waals surface area contributed by atoms with E-state index in [4.69, 9.17) is 0 Å². The minimum absolute atomic E-state index is 1.05. The number of nitrogens with zero attached hydrogens (tertiary/aromatic N) is 2. The van der Waals surface area contributed by atoms with Gasteiger partial charge >= 0.3 is 0 Å².